The number of anilines is 1. The van der Waals surface area contributed by atoms with E-state index in [4.69, 9.17) is 16.3 Å². The lowest BCUT2D eigenvalue weighted by Crippen LogP contribution is -2.35. The Labute approximate surface area is 130 Å². The Morgan fingerprint density at radius 1 is 1.39 bits per heavy atom. The van der Waals surface area contributed by atoms with E-state index in [-0.39, 0.29) is 0 Å². The second-order valence-corrected chi connectivity index (χ2v) is 6.20. The first kappa shape index (κ1) is 16.2. The molecular weight excluding hydrogens is 383 g/mol. The van der Waals surface area contributed by atoms with Crippen molar-refractivity contribution in [3.05, 3.63) is 21.2 Å². The summed E-state index contributed by atoms with van der Waals surface area (Å²) in [6, 6.07) is 2.35. The minimum atomic E-state index is 0.356. The Kier molecular flexibility index (Phi) is 7.53. The van der Waals surface area contributed by atoms with E-state index in [2.05, 4.69) is 55.6 Å². The van der Waals surface area contributed by atoms with E-state index in [0.717, 1.165) is 21.3 Å². The van der Waals surface area contributed by atoms with Crippen LogP contribution in [0.3, 0.4) is 0 Å². The molecule has 0 aliphatic heterocycles. The molecule has 0 saturated heterocycles. The van der Waals surface area contributed by atoms with Gasteiger partial charge < -0.3 is 9.64 Å². The van der Waals surface area contributed by atoms with Gasteiger partial charge in [-0.15, -0.1) is 11.6 Å². The van der Waals surface area contributed by atoms with Crippen molar-refractivity contribution < 1.29 is 4.74 Å². The van der Waals surface area contributed by atoms with Crippen molar-refractivity contribution in [1.29, 1.82) is 0 Å². The molecule has 6 heteroatoms. The highest BCUT2D eigenvalue weighted by atomic mass is 79.9. The zero-order chi connectivity index (χ0) is 13.5. The first-order chi connectivity index (χ1) is 8.56. The van der Waals surface area contributed by atoms with Crippen molar-refractivity contribution in [3.8, 4) is 0 Å². The Balaban J connectivity index is 2.71. The molecule has 1 aromatic heterocycles. The third-order valence-corrected chi connectivity index (χ3v) is 3.55. The van der Waals surface area contributed by atoms with Gasteiger partial charge in [0.2, 0.25) is 0 Å². The first-order valence-corrected chi connectivity index (χ1v) is 7.89. The topological polar surface area (TPSA) is 25.4 Å². The molecule has 0 radical (unpaired) electrons. The Morgan fingerprint density at radius 2 is 2.11 bits per heavy atom. The summed E-state index contributed by atoms with van der Waals surface area (Å²) in [6.45, 7) is 6.30. The number of nitrogens with zero attached hydrogens (tertiary/aromatic N) is 2. The maximum absolute atomic E-state index is 5.58. The number of aromatic nitrogens is 1. The molecule has 1 rings (SSSR count). The summed E-state index contributed by atoms with van der Waals surface area (Å²) >= 11 is 12.5. The van der Waals surface area contributed by atoms with Crippen LogP contribution in [0.5, 0.6) is 0 Å². The molecule has 0 amide bonds. The summed E-state index contributed by atoms with van der Waals surface area (Å²) in [7, 11) is 0. The van der Waals surface area contributed by atoms with Crippen LogP contribution in [-0.2, 0) is 4.74 Å². The van der Waals surface area contributed by atoms with Gasteiger partial charge in [0.1, 0.15) is 5.82 Å². The van der Waals surface area contributed by atoms with Crippen LogP contribution in [0.4, 0.5) is 5.82 Å². The lowest BCUT2D eigenvalue weighted by molar-refractivity contribution is 0.154. The van der Waals surface area contributed by atoms with Crippen molar-refractivity contribution in [1.82, 2.24) is 4.98 Å². The van der Waals surface area contributed by atoms with Crippen molar-refractivity contribution >= 4 is 49.3 Å². The van der Waals surface area contributed by atoms with E-state index in [9.17, 15) is 0 Å². The van der Waals surface area contributed by atoms with E-state index in [1.165, 1.54) is 0 Å². The number of rotatable bonds is 7. The van der Waals surface area contributed by atoms with Crippen LogP contribution in [0.15, 0.2) is 21.2 Å². The molecule has 0 bridgehead atoms. The van der Waals surface area contributed by atoms with Gasteiger partial charge in [-0.1, -0.05) is 0 Å². The highest BCUT2D eigenvalue weighted by molar-refractivity contribution is 9.11. The van der Waals surface area contributed by atoms with Gasteiger partial charge in [-0.05, 0) is 51.8 Å². The second kappa shape index (κ2) is 8.35. The zero-order valence-corrected chi connectivity index (χ0v) is 14.4. The van der Waals surface area contributed by atoms with Gasteiger partial charge in [0, 0.05) is 29.1 Å². The zero-order valence-electron chi connectivity index (χ0n) is 10.5. The van der Waals surface area contributed by atoms with Gasteiger partial charge in [-0.3, -0.25) is 0 Å². The number of alkyl halides is 1. The Morgan fingerprint density at radius 3 is 2.67 bits per heavy atom. The fourth-order valence-electron chi connectivity index (χ4n) is 1.55. The highest BCUT2D eigenvalue weighted by Gasteiger charge is 2.15. The summed E-state index contributed by atoms with van der Waals surface area (Å²) in [5.74, 6) is 1.46. The third kappa shape index (κ3) is 5.03. The van der Waals surface area contributed by atoms with E-state index in [1.807, 2.05) is 6.07 Å². The fourth-order valence-corrected chi connectivity index (χ4v) is 2.87. The summed E-state index contributed by atoms with van der Waals surface area (Å²) in [5.41, 5.74) is 0. The van der Waals surface area contributed by atoms with Gasteiger partial charge in [-0.25, -0.2) is 4.98 Å². The quantitative estimate of drug-likeness (QED) is 0.509. The van der Waals surface area contributed by atoms with Gasteiger partial charge in [0.05, 0.1) is 17.7 Å². The van der Waals surface area contributed by atoms with Crippen LogP contribution >= 0.6 is 43.5 Å². The van der Waals surface area contributed by atoms with Crippen LogP contribution in [0.25, 0.3) is 0 Å². The maximum atomic E-state index is 5.58. The molecule has 0 aliphatic rings. The molecule has 3 nitrogen and oxygen atoms in total. The molecule has 1 aromatic rings. The van der Waals surface area contributed by atoms with Crippen molar-refractivity contribution in [2.75, 3.05) is 30.5 Å². The molecule has 0 spiro atoms. The van der Waals surface area contributed by atoms with Gasteiger partial charge >= 0.3 is 0 Å². The third-order valence-electron chi connectivity index (χ3n) is 2.38. The Bertz CT molecular complexity index is 377. The SMILES string of the molecule is CC(C)N(CCOCCCl)c1ncc(Br)cc1Br. The van der Waals surface area contributed by atoms with E-state index >= 15 is 0 Å². The molecule has 1 heterocycles. The molecule has 0 atom stereocenters. The van der Waals surface area contributed by atoms with Gasteiger partial charge in [0.15, 0.2) is 0 Å². The largest absolute Gasteiger partial charge is 0.378 e. The number of hydrogen-bond donors (Lipinski definition) is 0. The summed E-state index contributed by atoms with van der Waals surface area (Å²) in [4.78, 5) is 6.65. The lowest BCUT2D eigenvalue weighted by atomic mass is 10.3. The maximum Gasteiger partial charge on any atom is 0.143 e. The fraction of sp³-hybridized carbons (Fsp3) is 0.583. The van der Waals surface area contributed by atoms with E-state index in [0.29, 0.717) is 25.1 Å². The number of hydrogen-bond acceptors (Lipinski definition) is 3. The minimum Gasteiger partial charge on any atom is -0.378 e. The van der Waals surface area contributed by atoms with Crippen molar-refractivity contribution in [3.63, 3.8) is 0 Å². The van der Waals surface area contributed by atoms with Crippen LogP contribution < -0.4 is 4.90 Å². The second-order valence-electron chi connectivity index (χ2n) is 4.05. The smallest absolute Gasteiger partial charge is 0.143 e. The summed E-state index contributed by atoms with van der Waals surface area (Å²) in [5, 5.41) is 0. The number of pyridine rings is 1. The molecule has 18 heavy (non-hydrogen) atoms. The minimum absolute atomic E-state index is 0.356. The highest BCUT2D eigenvalue weighted by Crippen LogP contribution is 2.27. The van der Waals surface area contributed by atoms with Crippen LogP contribution in [0.2, 0.25) is 0 Å². The molecule has 0 fully saturated rings. The van der Waals surface area contributed by atoms with E-state index < -0.39 is 0 Å². The predicted molar refractivity (Wildman–Crippen MR) is 83.7 cm³/mol. The summed E-state index contributed by atoms with van der Waals surface area (Å²) < 4.78 is 7.36. The first-order valence-electron chi connectivity index (χ1n) is 5.77. The van der Waals surface area contributed by atoms with Crippen molar-refractivity contribution in [2.24, 2.45) is 0 Å². The van der Waals surface area contributed by atoms with Gasteiger partial charge in [0.25, 0.3) is 0 Å². The molecule has 0 aliphatic carbocycles. The molecule has 102 valence electrons. The normalized spacial score (nSPS) is 11.0. The monoisotopic (exact) mass is 398 g/mol. The predicted octanol–water partition coefficient (Wildman–Crippen LogP) is 4.08. The number of halogens is 3. The van der Waals surface area contributed by atoms with E-state index in [1.54, 1.807) is 6.20 Å². The standard InChI is InChI=1S/C12H17Br2ClN2O/c1-9(2)17(4-6-18-5-3-15)12-11(14)7-10(13)8-16-12/h7-9H,3-6H2,1-2H3. The Hall–Kier alpha value is 0.160. The lowest BCUT2D eigenvalue weighted by Gasteiger charge is -2.28. The van der Waals surface area contributed by atoms with Crippen LogP contribution in [-0.4, -0.2) is 36.7 Å². The van der Waals surface area contributed by atoms with Crippen LogP contribution in [0.1, 0.15) is 13.8 Å². The number of ether oxygens (including phenoxy) is 1. The summed E-state index contributed by atoms with van der Waals surface area (Å²) in [6.07, 6.45) is 1.80. The average Bonchev–Trinajstić information content (AvgIpc) is 2.30. The van der Waals surface area contributed by atoms with Crippen molar-refractivity contribution in [2.45, 2.75) is 19.9 Å². The molecule has 0 unspecified atom stereocenters. The molecule has 0 aromatic carbocycles. The van der Waals surface area contributed by atoms with Crippen LogP contribution in [0, 0.1) is 0 Å². The molecule has 0 N–H and O–H groups in total. The molecular formula is C12H17Br2ClN2O. The average molecular weight is 401 g/mol. The molecule has 0 saturated carbocycles. The van der Waals surface area contributed by atoms with Gasteiger partial charge in [-0.2, -0.15) is 0 Å².